The summed E-state index contributed by atoms with van der Waals surface area (Å²) in [6, 6.07) is 0. The minimum Gasteiger partial charge on any atom is -0.271 e. The van der Waals surface area contributed by atoms with Crippen LogP contribution in [0.15, 0.2) is 16.1 Å². The zero-order valence-corrected chi connectivity index (χ0v) is 13.8. The van der Waals surface area contributed by atoms with Gasteiger partial charge in [-0.15, -0.1) is 11.6 Å². The van der Waals surface area contributed by atoms with Crippen molar-refractivity contribution in [3.05, 3.63) is 27.5 Å². The van der Waals surface area contributed by atoms with Gasteiger partial charge >= 0.3 is 0 Å². The maximum atomic E-state index is 6.34. The molecule has 0 amide bonds. The van der Waals surface area contributed by atoms with E-state index in [1.54, 1.807) is 0 Å². The van der Waals surface area contributed by atoms with Crippen LogP contribution in [0.25, 0.3) is 0 Å². The van der Waals surface area contributed by atoms with Gasteiger partial charge in [-0.3, -0.25) is 4.68 Å². The molecule has 0 N–H and O–H groups in total. The normalized spacial score (nSPS) is 23.0. The monoisotopic (exact) mass is 330 g/mol. The summed E-state index contributed by atoms with van der Waals surface area (Å²) in [4.78, 5) is 0. The number of aromatic nitrogens is 2. The van der Waals surface area contributed by atoms with Gasteiger partial charge < -0.3 is 0 Å². The van der Waals surface area contributed by atoms with Crippen molar-refractivity contribution < 1.29 is 0 Å². The van der Waals surface area contributed by atoms with Gasteiger partial charge in [0.25, 0.3) is 0 Å². The SMILES string of the molecule is Cc1nn(C)c(CC2=CC(Cl)CC(C)(C)C2)c1Br. The van der Waals surface area contributed by atoms with Crippen LogP contribution in [0.5, 0.6) is 0 Å². The summed E-state index contributed by atoms with van der Waals surface area (Å²) < 4.78 is 3.09. The highest BCUT2D eigenvalue weighted by Crippen LogP contribution is 2.39. The molecular weight excluding hydrogens is 312 g/mol. The van der Waals surface area contributed by atoms with Crippen LogP contribution in [0.4, 0.5) is 0 Å². The predicted octanol–water partition coefficient (Wildman–Crippen LogP) is 4.39. The molecule has 100 valence electrons. The summed E-state index contributed by atoms with van der Waals surface area (Å²) in [5.41, 5.74) is 4.01. The van der Waals surface area contributed by atoms with Crippen molar-refractivity contribution in [2.75, 3.05) is 0 Å². The highest BCUT2D eigenvalue weighted by molar-refractivity contribution is 9.10. The average Bonchev–Trinajstić information content (AvgIpc) is 2.42. The maximum Gasteiger partial charge on any atom is 0.0738 e. The second-order valence-electron chi connectivity index (χ2n) is 6.03. The topological polar surface area (TPSA) is 17.8 Å². The molecule has 1 atom stereocenters. The summed E-state index contributed by atoms with van der Waals surface area (Å²) in [5.74, 6) is 0. The third-order valence-corrected chi connectivity index (χ3v) is 4.84. The fourth-order valence-corrected chi connectivity index (χ4v) is 3.87. The number of nitrogens with zero attached hydrogens (tertiary/aromatic N) is 2. The highest BCUT2D eigenvalue weighted by atomic mass is 79.9. The van der Waals surface area contributed by atoms with Crippen molar-refractivity contribution in [1.29, 1.82) is 0 Å². The van der Waals surface area contributed by atoms with Crippen molar-refractivity contribution in [3.63, 3.8) is 0 Å². The Morgan fingerprint density at radius 3 is 2.72 bits per heavy atom. The van der Waals surface area contributed by atoms with Gasteiger partial charge in [0.1, 0.15) is 0 Å². The highest BCUT2D eigenvalue weighted by Gasteiger charge is 2.28. The summed E-state index contributed by atoms with van der Waals surface area (Å²) in [7, 11) is 2.00. The van der Waals surface area contributed by atoms with E-state index in [1.165, 1.54) is 11.3 Å². The van der Waals surface area contributed by atoms with E-state index in [0.717, 1.165) is 29.4 Å². The van der Waals surface area contributed by atoms with E-state index in [9.17, 15) is 0 Å². The van der Waals surface area contributed by atoms with Crippen LogP contribution in [0.2, 0.25) is 0 Å². The van der Waals surface area contributed by atoms with Gasteiger partial charge in [0.15, 0.2) is 0 Å². The Bertz CT molecular complexity index is 488. The Morgan fingerprint density at radius 1 is 1.56 bits per heavy atom. The average molecular weight is 332 g/mol. The Hall–Kier alpha value is -0.280. The van der Waals surface area contributed by atoms with Crippen LogP contribution in [-0.4, -0.2) is 15.2 Å². The predicted molar refractivity (Wildman–Crippen MR) is 80.1 cm³/mol. The number of hydrogen-bond donors (Lipinski definition) is 0. The molecule has 0 spiro atoms. The minimum atomic E-state index is 0.164. The summed E-state index contributed by atoms with van der Waals surface area (Å²) in [6.07, 6.45) is 5.34. The first-order valence-electron chi connectivity index (χ1n) is 6.30. The molecule has 2 nitrogen and oxygen atoms in total. The molecule has 1 aromatic heterocycles. The molecule has 2 rings (SSSR count). The largest absolute Gasteiger partial charge is 0.271 e. The molecule has 1 aliphatic rings. The Balaban J connectivity index is 2.24. The summed E-state index contributed by atoms with van der Waals surface area (Å²) >= 11 is 9.96. The van der Waals surface area contributed by atoms with Crippen LogP contribution in [-0.2, 0) is 13.5 Å². The Morgan fingerprint density at radius 2 is 2.22 bits per heavy atom. The van der Waals surface area contributed by atoms with Gasteiger partial charge in [0, 0.05) is 13.5 Å². The van der Waals surface area contributed by atoms with E-state index in [1.807, 2.05) is 18.7 Å². The maximum absolute atomic E-state index is 6.34. The van der Waals surface area contributed by atoms with Gasteiger partial charge in [-0.25, -0.2) is 0 Å². The van der Waals surface area contributed by atoms with Crippen molar-refractivity contribution in [3.8, 4) is 0 Å². The lowest BCUT2D eigenvalue weighted by Crippen LogP contribution is -2.23. The minimum absolute atomic E-state index is 0.164. The van der Waals surface area contributed by atoms with Gasteiger partial charge in [-0.1, -0.05) is 25.5 Å². The second-order valence-corrected chi connectivity index (χ2v) is 7.39. The molecule has 0 aromatic carbocycles. The first-order valence-corrected chi connectivity index (χ1v) is 7.53. The zero-order valence-electron chi connectivity index (χ0n) is 11.4. The Labute approximate surface area is 123 Å². The zero-order chi connectivity index (χ0) is 13.5. The summed E-state index contributed by atoms with van der Waals surface area (Å²) in [5, 5.41) is 4.60. The van der Waals surface area contributed by atoms with E-state index < -0.39 is 0 Å². The van der Waals surface area contributed by atoms with Crippen LogP contribution >= 0.6 is 27.5 Å². The first-order chi connectivity index (χ1) is 8.28. The number of allylic oxidation sites excluding steroid dienone is 2. The van der Waals surface area contributed by atoms with Crippen molar-refractivity contribution in [2.45, 2.75) is 45.4 Å². The standard InChI is InChI=1S/C14H20BrClN2/c1-9-13(15)12(18(4)17-9)6-10-5-11(16)8-14(2,3)7-10/h5,11H,6-8H2,1-4H3. The first kappa shape index (κ1) is 14.1. The van der Waals surface area contributed by atoms with Gasteiger partial charge in [0.05, 0.1) is 21.2 Å². The van der Waals surface area contributed by atoms with Gasteiger partial charge in [-0.2, -0.15) is 5.10 Å². The number of alkyl halides is 1. The number of rotatable bonds is 2. The molecule has 1 aromatic rings. The molecule has 1 unspecified atom stereocenters. The molecule has 1 aliphatic carbocycles. The fraction of sp³-hybridized carbons (Fsp3) is 0.643. The lowest BCUT2D eigenvalue weighted by molar-refractivity contribution is 0.320. The van der Waals surface area contributed by atoms with Crippen molar-refractivity contribution in [1.82, 2.24) is 9.78 Å². The third-order valence-electron chi connectivity index (χ3n) is 3.53. The van der Waals surface area contributed by atoms with E-state index >= 15 is 0 Å². The number of halogens is 2. The molecule has 4 heteroatoms. The van der Waals surface area contributed by atoms with E-state index in [2.05, 4.69) is 41.0 Å². The van der Waals surface area contributed by atoms with Crippen molar-refractivity contribution in [2.24, 2.45) is 12.5 Å². The molecular formula is C14H20BrClN2. The van der Waals surface area contributed by atoms with Crippen LogP contribution in [0, 0.1) is 12.3 Å². The van der Waals surface area contributed by atoms with E-state index in [0.29, 0.717) is 5.41 Å². The molecule has 0 bridgehead atoms. The summed E-state index contributed by atoms with van der Waals surface area (Å²) in [6.45, 7) is 6.61. The van der Waals surface area contributed by atoms with Crippen molar-refractivity contribution >= 4 is 27.5 Å². The second kappa shape index (κ2) is 5.01. The van der Waals surface area contributed by atoms with E-state index in [-0.39, 0.29) is 5.38 Å². The fourth-order valence-electron chi connectivity index (χ4n) is 2.80. The number of aryl methyl sites for hydroxylation is 2. The smallest absolute Gasteiger partial charge is 0.0738 e. The molecule has 0 radical (unpaired) electrons. The lowest BCUT2D eigenvalue weighted by Gasteiger charge is -2.32. The molecule has 0 saturated carbocycles. The van der Waals surface area contributed by atoms with Gasteiger partial charge in [0.2, 0.25) is 0 Å². The molecule has 0 fully saturated rings. The van der Waals surface area contributed by atoms with Gasteiger partial charge in [-0.05, 0) is 41.1 Å². The number of hydrogen-bond acceptors (Lipinski definition) is 1. The third kappa shape index (κ3) is 3.00. The molecule has 0 aliphatic heterocycles. The quantitative estimate of drug-likeness (QED) is 0.580. The molecule has 1 heterocycles. The van der Waals surface area contributed by atoms with Crippen LogP contribution in [0.3, 0.4) is 0 Å². The van der Waals surface area contributed by atoms with Crippen LogP contribution < -0.4 is 0 Å². The Kier molecular flexibility index (Phi) is 3.93. The molecule has 0 saturated heterocycles. The molecule has 18 heavy (non-hydrogen) atoms. The lowest BCUT2D eigenvalue weighted by atomic mass is 9.76. The van der Waals surface area contributed by atoms with E-state index in [4.69, 9.17) is 11.6 Å². The van der Waals surface area contributed by atoms with Crippen LogP contribution in [0.1, 0.15) is 38.1 Å².